The number of hydrogen-bond acceptors (Lipinski definition) is 4. The summed E-state index contributed by atoms with van der Waals surface area (Å²) in [5, 5.41) is 0. The van der Waals surface area contributed by atoms with Crippen LogP contribution in [0.2, 0.25) is 0 Å². The fourth-order valence-electron chi connectivity index (χ4n) is 2.13. The first-order valence-electron chi connectivity index (χ1n) is 6.12. The van der Waals surface area contributed by atoms with E-state index in [-0.39, 0.29) is 11.4 Å². The van der Waals surface area contributed by atoms with Gasteiger partial charge in [0.15, 0.2) is 0 Å². The van der Waals surface area contributed by atoms with E-state index in [0.29, 0.717) is 17.9 Å². The second kappa shape index (κ2) is 5.65. The van der Waals surface area contributed by atoms with E-state index in [2.05, 4.69) is 12.6 Å². The average Bonchev–Trinajstić information content (AvgIpc) is 2.37. The molecule has 0 heterocycles. The molecule has 1 aromatic rings. The third kappa shape index (κ3) is 2.64. The summed E-state index contributed by atoms with van der Waals surface area (Å²) in [6, 6.07) is 7.18. The molecular formula is C14H18O3S. The molecule has 2 rings (SSSR count). The molecule has 0 radical (unpaired) electrons. The van der Waals surface area contributed by atoms with Crippen molar-refractivity contribution in [3.8, 4) is 5.75 Å². The predicted molar refractivity (Wildman–Crippen MR) is 73.4 cm³/mol. The summed E-state index contributed by atoms with van der Waals surface area (Å²) in [6.07, 6.45) is 3.54. The SMILES string of the molecule is COC(=O)c1ccccc1OCC1(CS)CCC1. The lowest BCUT2D eigenvalue weighted by Gasteiger charge is -2.40. The largest absolute Gasteiger partial charge is 0.492 e. The highest BCUT2D eigenvalue weighted by Gasteiger charge is 2.36. The molecule has 98 valence electrons. The second-order valence-electron chi connectivity index (χ2n) is 4.79. The summed E-state index contributed by atoms with van der Waals surface area (Å²) in [4.78, 5) is 11.6. The number of esters is 1. The molecule has 0 saturated heterocycles. The predicted octanol–water partition coefficient (Wildman–Crippen LogP) is 2.95. The Kier molecular flexibility index (Phi) is 4.17. The molecule has 1 aliphatic carbocycles. The third-order valence-electron chi connectivity index (χ3n) is 3.58. The van der Waals surface area contributed by atoms with E-state index in [1.165, 1.54) is 13.5 Å². The monoisotopic (exact) mass is 266 g/mol. The van der Waals surface area contributed by atoms with Crippen molar-refractivity contribution < 1.29 is 14.3 Å². The van der Waals surface area contributed by atoms with Gasteiger partial charge in [-0.1, -0.05) is 18.6 Å². The molecule has 18 heavy (non-hydrogen) atoms. The highest BCUT2D eigenvalue weighted by atomic mass is 32.1. The van der Waals surface area contributed by atoms with Gasteiger partial charge in [-0.15, -0.1) is 0 Å². The number of carbonyl (C=O) groups excluding carboxylic acids is 1. The molecule has 3 nitrogen and oxygen atoms in total. The summed E-state index contributed by atoms with van der Waals surface area (Å²) in [5.41, 5.74) is 0.667. The molecule has 0 aliphatic heterocycles. The van der Waals surface area contributed by atoms with E-state index in [1.807, 2.05) is 6.07 Å². The number of carbonyl (C=O) groups is 1. The summed E-state index contributed by atoms with van der Waals surface area (Å²) in [7, 11) is 1.38. The zero-order valence-corrected chi connectivity index (χ0v) is 11.4. The average molecular weight is 266 g/mol. The number of methoxy groups -OCH3 is 1. The Morgan fingerprint density at radius 3 is 2.67 bits per heavy atom. The molecule has 0 aromatic heterocycles. The zero-order valence-electron chi connectivity index (χ0n) is 10.5. The maximum absolute atomic E-state index is 11.6. The van der Waals surface area contributed by atoms with Crippen molar-refractivity contribution in [2.45, 2.75) is 19.3 Å². The van der Waals surface area contributed by atoms with E-state index in [9.17, 15) is 4.79 Å². The first-order chi connectivity index (χ1) is 8.71. The van der Waals surface area contributed by atoms with Crippen molar-refractivity contribution in [2.24, 2.45) is 5.41 Å². The Morgan fingerprint density at radius 1 is 1.39 bits per heavy atom. The lowest BCUT2D eigenvalue weighted by atomic mass is 9.71. The quantitative estimate of drug-likeness (QED) is 0.657. The molecule has 0 atom stereocenters. The standard InChI is InChI=1S/C14H18O3S/c1-16-13(15)11-5-2-3-6-12(11)17-9-14(10-18)7-4-8-14/h2-3,5-6,18H,4,7-10H2,1H3. The van der Waals surface area contributed by atoms with Gasteiger partial charge in [-0.25, -0.2) is 4.79 Å². The Balaban J connectivity index is 2.07. The lowest BCUT2D eigenvalue weighted by molar-refractivity contribution is 0.0578. The number of benzene rings is 1. The molecular weight excluding hydrogens is 248 g/mol. The fraction of sp³-hybridized carbons (Fsp3) is 0.500. The maximum atomic E-state index is 11.6. The van der Waals surface area contributed by atoms with E-state index in [1.54, 1.807) is 18.2 Å². The highest BCUT2D eigenvalue weighted by Crippen LogP contribution is 2.42. The Morgan fingerprint density at radius 2 is 2.11 bits per heavy atom. The van der Waals surface area contributed by atoms with Gasteiger partial charge in [0.2, 0.25) is 0 Å². The number of hydrogen-bond donors (Lipinski definition) is 1. The van der Waals surface area contributed by atoms with Crippen molar-refractivity contribution >= 4 is 18.6 Å². The molecule has 1 fully saturated rings. The van der Waals surface area contributed by atoms with Crippen LogP contribution in [0.4, 0.5) is 0 Å². The van der Waals surface area contributed by atoms with Crippen LogP contribution in [0.5, 0.6) is 5.75 Å². The molecule has 1 aliphatic rings. The molecule has 0 spiro atoms. The maximum Gasteiger partial charge on any atom is 0.341 e. The minimum atomic E-state index is -0.362. The number of thiol groups is 1. The van der Waals surface area contributed by atoms with Gasteiger partial charge in [0.1, 0.15) is 11.3 Å². The van der Waals surface area contributed by atoms with Crippen LogP contribution in [0.25, 0.3) is 0 Å². The van der Waals surface area contributed by atoms with E-state index >= 15 is 0 Å². The molecule has 0 amide bonds. The topological polar surface area (TPSA) is 35.5 Å². The van der Waals surface area contributed by atoms with Crippen LogP contribution in [-0.4, -0.2) is 25.4 Å². The fourth-order valence-corrected chi connectivity index (χ4v) is 2.53. The summed E-state index contributed by atoms with van der Waals surface area (Å²) in [6.45, 7) is 0.616. The third-order valence-corrected chi connectivity index (χ3v) is 4.25. The Labute approximate surface area is 113 Å². The summed E-state index contributed by atoms with van der Waals surface area (Å²) in [5.74, 6) is 1.06. The first kappa shape index (κ1) is 13.3. The van der Waals surface area contributed by atoms with E-state index < -0.39 is 0 Å². The smallest absolute Gasteiger partial charge is 0.341 e. The van der Waals surface area contributed by atoms with Gasteiger partial charge in [-0.05, 0) is 30.7 Å². The van der Waals surface area contributed by atoms with Crippen LogP contribution in [0.15, 0.2) is 24.3 Å². The molecule has 0 unspecified atom stereocenters. The van der Waals surface area contributed by atoms with Crippen molar-refractivity contribution in [1.29, 1.82) is 0 Å². The van der Waals surface area contributed by atoms with Crippen molar-refractivity contribution in [3.63, 3.8) is 0 Å². The van der Waals surface area contributed by atoms with Gasteiger partial charge in [0.25, 0.3) is 0 Å². The minimum absolute atomic E-state index is 0.187. The number of ether oxygens (including phenoxy) is 2. The van der Waals surface area contributed by atoms with Gasteiger partial charge in [0, 0.05) is 5.41 Å². The molecule has 0 bridgehead atoms. The highest BCUT2D eigenvalue weighted by molar-refractivity contribution is 7.80. The van der Waals surface area contributed by atoms with Crippen molar-refractivity contribution in [1.82, 2.24) is 0 Å². The molecule has 4 heteroatoms. The zero-order chi connectivity index (χ0) is 13.0. The minimum Gasteiger partial charge on any atom is -0.492 e. The molecule has 0 N–H and O–H groups in total. The first-order valence-corrected chi connectivity index (χ1v) is 6.75. The van der Waals surface area contributed by atoms with Crippen LogP contribution in [-0.2, 0) is 4.74 Å². The van der Waals surface area contributed by atoms with E-state index in [0.717, 1.165) is 18.6 Å². The van der Waals surface area contributed by atoms with Gasteiger partial charge in [0.05, 0.1) is 13.7 Å². The summed E-state index contributed by atoms with van der Waals surface area (Å²) < 4.78 is 10.6. The number of rotatable bonds is 5. The Hall–Kier alpha value is -1.16. The van der Waals surface area contributed by atoms with Crippen LogP contribution in [0.1, 0.15) is 29.6 Å². The van der Waals surface area contributed by atoms with Gasteiger partial charge in [-0.3, -0.25) is 0 Å². The number of para-hydroxylation sites is 1. The normalized spacial score (nSPS) is 16.8. The van der Waals surface area contributed by atoms with E-state index in [4.69, 9.17) is 9.47 Å². The van der Waals surface area contributed by atoms with Crippen LogP contribution < -0.4 is 4.74 Å². The van der Waals surface area contributed by atoms with Gasteiger partial charge in [-0.2, -0.15) is 12.6 Å². The van der Waals surface area contributed by atoms with Crippen LogP contribution in [0.3, 0.4) is 0 Å². The second-order valence-corrected chi connectivity index (χ2v) is 5.10. The Bertz CT molecular complexity index is 421. The van der Waals surface area contributed by atoms with Crippen molar-refractivity contribution in [3.05, 3.63) is 29.8 Å². The van der Waals surface area contributed by atoms with Crippen LogP contribution in [0, 0.1) is 5.41 Å². The van der Waals surface area contributed by atoms with Crippen molar-refractivity contribution in [2.75, 3.05) is 19.5 Å². The van der Waals surface area contributed by atoms with Gasteiger partial charge >= 0.3 is 5.97 Å². The summed E-state index contributed by atoms with van der Waals surface area (Å²) >= 11 is 4.39. The molecule has 1 saturated carbocycles. The van der Waals surface area contributed by atoms with Gasteiger partial charge < -0.3 is 9.47 Å². The molecule has 1 aromatic carbocycles. The van der Waals surface area contributed by atoms with Crippen LogP contribution >= 0.6 is 12.6 Å². The lowest BCUT2D eigenvalue weighted by Crippen LogP contribution is -2.37.